The number of morpholine rings is 1. The number of rotatable bonds is 10. The van der Waals surface area contributed by atoms with E-state index < -0.39 is 0 Å². The first-order valence-electron chi connectivity index (χ1n) is 12.9. The van der Waals surface area contributed by atoms with Crippen LogP contribution in [0.15, 0.2) is 60.7 Å². The molecule has 3 aromatic rings. The number of nitrogens with one attached hydrogen (secondary N) is 1. The summed E-state index contributed by atoms with van der Waals surface area (Å²) in [7, 11) is 0. The zero-order valence-electron chi connectivity index (χ0n) is 22.0. The van der Waals surface area contributed by atoms with Crippen molar-refractivity contribution in [2.75, 3.05) is 51.3 Å². The van der Waals surface area contributed by atoms with Crippen molar-refractivity contribution in [3.63, 3.8) is 0 Å². The van der Waals surface area contributed by atoms with Crippen molar-refractivity contribution in [3.8, 4) is 0 Å². The van der Waals surface area contributed by atoms with Crippen LogP contribution in [0, 0.1) is 19.7 Å². The molecule has 1 saturated heterocycles. The lowest BCUT2D eigenvalue weighted by atomic mass is 10.2. The van der Waals surface area contributed by atoms with E-state index in [1.54, 1.807) is 33.3 Å². The van der Waals surface area contributed by atoms with E-state index in [4.69, 9.17) is 4.74 Å². The lowest BCUT2D eigenvalue weighted by molar-refractivity contribution is -0.133. The molecule has 0 saturated carbocycles. The predicted octanol–water partition coefficient (Wildman–Crippen LogP) is 4.90. The number of ether oxygens (including phenoxy) is 1. The largest absolute Gasteiger partial charge is 0.379 e. The molecule has 1 aliphatic heterocycles. The van der Waals surface area contributed by atoms with Gasteiger partial charge >= 0.3 is 6.03 Å². The molecule has 1 fully saturated rings. The van der Waals surface area contributed by atoms with Crippen molar-refractivity contribution >= 4 is 29.0 Å². The van der Waals surface area contributed by atoms with Gasteiger partial charge in [0.15, 0.2) is 0 Å². The minimum atomic E-state index is -0.317. The third-order valence-electron chi connectivity index (χ3n) is 6.49. The second-order valence-corrected chi connectivity index (χ2v) is 10.9. The zero-order valence-corrected chi connectivity index (χ0v) is 22.8. The van der Waals surface area contributed by atoms with E-state index >= 15 is 0 Å². The van der Waals surface area contributed by atoms with Crippen LogP contribution in [0.2, 0.25) is 0 Å². The van der Waals surface area contributed by atoms with Gasteiger partial charge in [0.25, 0.3) is 0 Å². The van der Waals surface area contributed by atoms with Gasteiger partial charge in [0.1, 0.15) is 12.4 Å². The van der Waals surface area contributed by atoms with Gasteiger partial charge in [-0.2, -0.15) is 0 Å². The first-order chi connectivity index (χ1) is 18.4. The third-order valence-corrected chi connectivity index (χ3v) is 7.47. The fraction of sp³-hybridized carbons (Fsp3) is 0.379. The standard InChI is InChI=1S/C29H35FN4O3S/c1-22-3-10-26(11-4-22)31-29(36)33(14-13-32-15-17-37-18-16-32)21-28(35)34(20-27-12-5-23(2)38-27)19-24-6-8-25(30)9-7-24/h3-12H,13-21H2,1-2H3,(H,31,36). The Morgan fingerprint density at radius 2 is 1.66 bits per heavy atom. The van der Waals surface area contributed by atoms with Crippen LogP contribution in [0.3, 0.4) is 0 Å². The Hall–Kier alpha value is -3.27. The predicted molar refractivity (Wildman–Crippen MR) is 149 cm³/mol. The molecule has 4 rings (SSSR count). The van der Waals surface area contributed by atoms with Crippen LogP contribution in [0.4, 0.5) is 14.9 Å². The summed E-state index contributed by atoms with van der Waals surface area (Å²) < 4.78 is 18.9. The van der Waals surface area contributed by atoms with Crippen LogP contribution in [0.25, 0.3) is 0 Å². The van der Waals surface area contributed by atoms with Crippen LogP contribution in [0.1, 0.15) is 20.9 Å². The molecule has 1 aliphatic rings. The molecule has 0 aliphatic carbocycles. The molecule has 7 nitrogen and oxygen atoms in total. The number of carbonyl (C=O) groups excluding carboxylic acids is 2. The highest BCUT2D eigenvalue weighted by atomic mass is 32.1. The Morgan fingerprint density at radius 3 is 2.32 bits per heavy atom. The molecule has 9 heteroatoms. The van der Waals surface area contributed by atoms with E-state index in [0.717, 1.165) is 29.1 Å². The number of halogens is 1. The van der Waals surface area contributed by atoms with Crippen LogP contribution < -0.4 is 5.32 Å². The van der Waals surface area contributed by atoms with Crippen molar-refractivity contribution in [3.05, 3.63) is 87.4 Å². The van der Waals surface area contributed by atoms with Crippen LogP contribution in [0.5, 0.6) is 0 Å². The van der Waals surface area contributed by atoms with Gasteiger partial charge in [0.05, 0.1) is 19.8 Å². The lowest BCUT2D eigenvalue weighted by Crippen LogP contribution is -2.48. The maximum absolute atomic E-state index is 13.7. The molecule has 38 heavy (non-hydrogen) atoms. The average molecular weight is 539 g/mol. The molecule has 2 heterocycles. The van der Waals surface area contributed by atoms with Crippen molar-refractivity contribution < 1.29 is 18.7 Å². The van der Waals surface area contributed by atoms with Gasteiger partial charge in [-0.25, -0.2) is 9.18 Å². The second-order valence-electron chi connectivity index (χ2n) is 9.56. The Balaban J connectivity index is 1.49. The molecule has 202 valence electrons. The van der Waals surface area contributed by atoms with Crippen LogP contribution in [-0.4, -0.2) is 72.6 Å². The highest BCUT2D eigenvalue weighted by molar-refractivity contribution is 7.11. The summed E-state index contributed by atoms with van der Waals surface area (Å²) >= 11 is 1.64. The molecule has 0 spiro atoms. The van der Waals surface area contributed by atoms with Gasteiger partial charge in [-0.05, 0) is 55.8 Å². The first-order valence-corrected chi connectivity index (χ1v) is 13.7. The number of anilines is 1. The number of hydrogen-bond donors (Lipinski definition) is 1. The average Bonchev–Trinajstić information content (AvgIpc) is 3.33. The summed E-state index contributed by atoms with van der Waals surface area (Å²) in [6.07, 6.45) is 0. The van der Waals surface area contributed by atoms with E-state index in [-0.39, 0.29) is 24.3 Å². The van der Waals surface area contributed by atoms with Gasteiger partial charge in [-0.1, -0.05) is 29.8 Å². The van der Waals surface area contributed by atoms with Crippen molar-refractivity contribution in [2.24, 2.45) is 0 Å². The highest BCUT2D eigenvalue weighted by Gasteiger charge is 2.23. The van der Waals surface area contributed by atoms with E-state index in [1.807, 2.05) is 50.2 Å². The van der Waals surface area contributed by atoms with Crippen molar-refractivity contribution in [1.82, 2.24) is 14.7 Å². The smallest absolute Gasteiger partial charge is 0.322 e. The number of urea groups is 1. The Kier molecular flexibility index (Phi) is 9.86. The molecule has 1 aromatic heterocycles. The molecule has 0 unspecified atom stereocenters. The molecule has 1 N–H and O–H groups in total. The van der Waals surface area contributed by atoms with Gasteiger partial charge in [-0.3, -0.25) is 9.69 Å². The number of amides is 3. The molecular weight excluding hydrogens is 503 g/mol. The van der Waals surface area contributed by atoms with Gasteiger partial charge < -0.3 is 19.9 Å². The van der Waals surface area contributed by atoms with E-state index in [9.17, 15) is 14.0 Å². The molecule has 0 radical (unpaired) electrons. The minimum absolute atomic E-state index is 0.0619. The molecular formula is C29H35FN4O3S. The van der Waals surface area contributed by atoms with Gasteiger partial charge in [-0.15, -0.1) is 11.3 Å². The van der Waals surface area contributed by atoms with Crippen molar-refractivity contribution in [2.45, 2.75) is 26.9 Å². The maximum atomic E-state index is 13.7. The lowest BCUT2D eigenvalue weighted by Gasteiger charge is -2.31. The Bertz CT molecular complexity index is 1190. The molecule has 0 bridgehead atoms. The maximum Gasteiger partial charge on any atom is 0.322 e. The number of carbonyl (C=O) groups is 2. The highest BCUT2D eigenvalue weighted by Crippen LogP contribution is 2.19. The van der Waals surface area contributed by atoms with E-state index in [1.165, 1.54) is 17.0 Å². The fourth-order valence-electron chi connectivity index (χ4n) is 4.24. The summed E-state index contributed by atoms with van der Waals surface area (Å²) in [4.78, 5) is 34.8. The molecule has 2 aromatic carbocycles. The summed E-state index contributed by atoms with van der Waals surface area (Å²) in [6.45, 7) is 8.71. The number of nitrogens with zero attached hydrogens (tertiary/aromatic N) is 3. The SMILES string of the molecule is Cc1ccc(NC(=O)N(CCN2CCOCC2)CC(=O)N(Cc2ccc(F)cc2)Cc2ccc(C)s2)cc1. The fourth-order valence-corrected chi connectivity index (χ4v) is 5.15. The third kappa shape index (κ3) is 8.37. The quantitative estimate of drug-likeness (QED) is 0.399. The zero-order chi connectivity index (χ0) is 26.9. The van der Waals surface area contributed by atoms with Crippen LogP contribution in [-0.2, 0) is 22.6 Å². The second kappa shape index (κ2) is 13.5. The van der Waals surface area contributed by atoms with Crippen LogP contribution >= 0.6 is 11.3 Å². The van der Waals surface area contributed by atoms with Gasteiger partial charge in [0, 0.05) is 48.2 Å². The normalized spacial score (nSPS) is 13.8. The Labute approximate surface area is 227 Å². The summed E-state index contributed by atoms with van der Waals surface area (Å²) in [5.74, 6) is -0.482. The molecule has 0 atom stereocenters. The number of aryl methyl sites for hydroxylation is 2. The van der Waals surface area contributed by atoms with E-state index in [0.29, 0.717) is 45.1 Å². The summed E-state index contributed by atoms with van der Waals surface area (Å²) in [5.41, 5.74) is 2.61. The molecule has 3 amide bonds. The minimum Gasteiger partial charge on any atom is -0.379 e. The number of hydrogen-bond acceptors (Lipinski definition) is 5. The monoisotopic (exact) mass is 538 g/mol. The summed E-state index contributed by atoms with van der Waals surface area (Å²) in [6, 6.07) is 17.5. The summed E-state index contributed by atoms with van der Waals surface area (Å²) in [5, 5.41) is 2.94. The first kappa shape index (κ1) is 27.8. The van der Waals surface area contributed by atoms with Crippen molar-refractivity contribution in [1.29, 1.82) is 0 Å². The van der Waals surface area contributed by atoms with E-state index in [2.05, 4.69) is 10.2 Å². The Morgan fingerprint density at radius 1 is 0.947 bits per heavy atom. The number of thiophene rings is 1. The van der Waals surface area contributed by atoms with Gasteiger partial charge in [0.2, 0.25) is 5.91 Å². The number of benzene rings is 2. The topological polar surface area (TPSA) is 65.1 Å².